The summed E-state index contributed by atoms with van der Waals surface area (Å²) in [5, 5.41) is 11.6. The van der Waals surface area contributed by atoms with E-state index in [-0.39, 0.29) is 0 Å². The number of furan rings is 1. The van der Waals surface area contributed by atoms with Gasteiger partial charge in [-0.05, 0) is 37.3 Å². The van der Waals surface area contributed by atoms with Crippen molar-refractivity contribution in [3.05, 3.63) is 35.6 Å². The van der Waals surface area contributed by atoms with Crippen LogP contribution in [0.25, 0.3) is 11.0 Å². The molecule has 0 bridgehead atoms. The Kier molecular flexibility index (Phi) is 4.65. The molecule has 1 atom stereocenters. The minimum absolute atomic E-state index is 0.302. The van der Waals surface area contributed by atoms with Gasteiger partial charge in [0.05, 0.1) is 0 Å². The van der Waals surface area contributed by atoms with Gasteiger partial charge in [0.25, 0.3) is 0 Å². The summed E-state index contributed by atoms with van der Waals surface area (Å²) in [7, 11) is 0. The van der Waals surface area contributed by atoms with Crippen molar-refractivity contribution >= 4 is 11.0 Å². The van der Waals surface area contributed by atoms with Gasteiger partial charge in [-0.2, -0.15) is 0 Å². The Morgan fingerprint density at radius 3 is 2.42 bits per heavy atom. The topological polar surface area (TPSA) is 33.4 Å². The zero-order chi connectivity index (χ0) is 13.8. The first kappa shape index (κ1) is 14.1. The molecule has 0 aliphatic carbocycles. The second kappa shape index (κ2) is 6.25. The molecule has 0 aliphatic rings. The number of fused-ring (bicyclic) bond motifs is 1. The van der Waals surface area contributed by atoms with E-state index in [0.717, 1.165) is 48.0 Å². The van der Waals surface area contributed by atoms with E-state index in [1.54, 1.807) is 0 Å². The fourth-order valence-electron chi connectivity index (χ4n) is 2.81. The summed E-state index contributed by atoms with van der Waals surface area (Å²) in [6, 6.07) is 8.10. The Morgan fingerprint density at radius 1 is 1.16 bits per heavy atom. The molecule has 2 rings (SSSR count). The molecule has 1 aromatic heterocycles. The SMILES string of the molecule is CCCC(CCC)C(O)c1cc2cccc(C)c2o1. The minimum Gasteiger partial charge on any atom is -0.458 e. The van der Waals surface area contributed by atoms with Crippen LogP contribution in [0.4, 0.5) is 0 Å². The third kappa shape index (κ3) is 3.01. The molecule has 0 saturated heterocycles. The fraction of sp³-hybridized carbons (Fsp3) is 0.529. The average molecular weight is 260 g/mol. The molecule has 0 fully saturated rings. The molecule has 2 nitrogen and oxygen atoms in total. The van der Waals surface area contributed by atoms with Crippen LogP contribution in [0.3, 0.4) is 0 Å². The van der Waals surface area contributed by atoms with Crippen LogP contribution in [0.2, 0.25) is 0 Å². The van der Waals surface area contributed by atoms with Crippen molar-refractivity contribution in [2.24, 2.45) is 5.92 Å². The molecule has 2 aromatic rings. The first-order valence-corrected chi connectivity index (χ1v) is 7.34. The lowest BCUT2D eigenvalue weighted by Gasteiger charge is -2.20. The van der Waals surface area contributed by atoms with Crippen LogP contribution >= 0.6 is 0 Å². The van der Waals surface area contributed by atoms with Gasteiger partial charge in [-0.25, -0.2) is 0 Å². The van der Waals surface area contributed by atoms with Crippen molar-refractivity contribution in [2.45, 2.75) is 52.6 Å². The van der Waals surface area contributed by atoms with Crippen LogP contribution in [-0.2, 0) is 0 Å². The van der Waals surface area contributed by atoms with E-state index < -0.39 is 6.10 Å². The van der Waals surface area contributed by atoms with E-state index >= 15 is 0 Å². The molecule has 0 amide bonds. The van der Waals surface area contributed by atoms with E-state index in [0.29, 0.717) is 5.92 Å². The van der Waals surface area contributed by atoms with E-state index in [4.69, 9.17) is 4.42 Å². The summed E-state index contributed by atoms with van der Waals surface area (Å²) in [6.07, 6.45) is 3.81. The third-order valence-electron chi connectivity index (χ3n) is 3.82. The zero-order valence-corrected chi connectivity index (χ0v) is 12.1. The molecule has 1 N–H and O–H groups in total. The van der Waals surface area contributed by atoms with Gasteiger partial charge < -0.3 is 9.52 Å². The molecule has 19 heavy (non-hydrogen) atoms. The monoisotopic (exact) mass is 260 g/mol. The molecular weight excluding hydrogens is 236 g/mol. The molecule has 2 heteroatoms. The van der Waals surface area contributed by atoms with Crippen LogP contribution in [0.5, 0.6) is 0 Å². The number of hydrogen-bond donors (Lipinski definition) is 1. The number of rotatable bonds is 6. The summed E-state index contributed by atoms with van der Waals surface area (Å²) in [5.74, 6) is 1.02. The van der Waals surface area contributed by atoms with Crippen molar-refractivity contribution in [2.75, 3.05) is 0 Å². The lowest BCUT2D eigenvalue weighted by molar-refractivity contribution is 0.0770. The molecule has 0 saturated carbocycles. The maximum absolute atomic E-state index is 10.5. The number of aryl methyl sites for hydroxylation is 1. The van der Waals surface area contributed by atoms with Crippen LogP contribution in [-0.4, -0.2) is 5.11 Å². The second-order valence-corrected chi connectivity index (χ2v) is 5.42. The number of benzene rings is 1. The third-order valence-corrected chi connectivity index (χ3v) is 3.82. The minimum atomic E-state index is -0.480. The number of aliphatic hydroxyl groups excluding tert-OH is 1. The van der Waals surface area contributed by atoms with Gasteiger partial charge in [-0.3, -0.25) is 0 Å². The predicted molar refractivity (Wildman–Crippen MR) is 79.2 cm³/mol. The highest BCUT2D eigenvalue weighted by molar-refractivity contribution is 5.80. The van der Waals surface area contributed by atoms with Gasteiger partial charge in [-0.1, -0.05) is 44.9 Å². The van der Waals surface area contributed by atoms with Crippen LogP contribution in [0.15, 0.2) is 28.7 Å². The Labute approximate surface area is 115 Å². The highest BCUT2D eigenvalue weighted by Gasteiger charge is 2.23. The average Bonchev–Trinajstić information content (AvgIpc) is 2.83. The predicted octanol–water partition coefficient (Wildman–Crippen LogP) is 4.99. The summed E-state index contributed by atoms with van der Waals surface area (Å²) >= 11 is 0. The first-order chi connectivity index (χ1) is 9.17. The maximum Gasteiger partial charge on any atom is 0.137 e. The van der Waals surface area contributed by atoms with Crippen molar-refractivity contribution in [3.8, 4) is 0 Å². The standard InChI is InChI=1S/C17H24O2/c1-4-7-13(8-5-2)16(18)15-11-14-10-6-9-12(3)17(14)19-15/h6,9-11,13,16,18H,4-5,7-8H2,1-3H3. The molecule has 1 heterocycles. The normalized spacial score (nSPS) is 13.3. The Bertz CT molecular complexity index is 521. The van der Waals surface area contributed by atoms with E-state index in [2.05, 4.69) is 13.8 Å². The second-order valence-electron chi connectivity index (χ2n) is 5.42. The van der Waals surface area contributed by atoms with E-state index in [1.807, 2.05) is 31.2 Å². The largest absolute Gasteiger partial charge is 0.458 e. The van der Waals surface area contributed by atoms with E-state index in [1.165, 1.54) is 0 Å². The first-order valence-electron chi connectivity index (χ1n) is 7.34. The van der Waals surface area contributed by atoms with Crippen molar-refractivity contribution in [1.29, 1.82) is 0 Å². The van der Waals surface area contributed by atoms with Gasteiger partial charge >= 0.3 is 0 Å². The zero-order valence-electron chi connectivity index (χ0n) is 12.1. The van der Waals surface area contributed by atoms with Crippen molar-refractivity contribution in [3.63, 3.8) is 0 Å². The summed E-state index contributed by atoms with van der Waals surface area (Å²) in [5.41, 5.74) is 2.03. The molecular formula is C17H24O2. The molecule has 104 valence electrons. The van der Waals surface area contributed by atoms with Crippen LogP contribution < -0.4 is 0 Å². The van der Waals surface area contributed by atoms with Gasteiger partial charge in [0.2, 0.25) is 0 Å². The van der Waals surface area contributed by atoms with Crippen molar-refractivity contribution in [1.82, 2.24) is 0 Å². The summed E-state index contributed by atoms with van der Waals surface area (Å²) in [4.78, 5) is 0. The fourth-order valence-corrected chi connectivity index (χ4v) is 2.81. The molecule has 1 aromatic carbocycles. The number of hydrogen-bond acceptors (Lipinski definition) is 2. The van der Waals surface area contributed by atoms with E-state index in [9.17, 15) is 5.11 Å². The lowest BCUT2D eigenvalue weighted by Crippen LogP contribution is -2.11. The van der Waals surface area contributed by atoms with Gasteiger partial charge in [-0.15, -0.1) is 0 Å². The maximum atomic E-state index is 10.5. The van der Waals surface area contributed by atoms with Crippen molar-refractivity contribution < 1.29 is 9.52 Å². The number of aliphatic hydroxyl groups is 1. The highest BCUT2D eigenvalue weighted by atomic mass is 16.4. The molecule has 1 unspecified atom stereocenters. The highest BCUT2D eigenvalue weighted by Crippen LogP contribution is 2.33. The quantitative estimate of drug-likeness (QED) is 0.793. The van der Waals surface area contributed by atoms with Crippen LogP contribution in [0, 0.1) is 12.8 Å². The van der Waals surface area contributed by atoms with Gasteiger partial charge in [0, 0.05) is 5.39 Å². The molecule has 0 radical (unpaired) electrons. The molecule has 0 aliphatic heterocycles. The summed E-state index contributed by atoms with van der Waals surface area (Å²) < 4.78 is 5.88. The Morgan fingerprint density at radius 2 is 1.84 bits per heavy atom. The van der Waals surface area contributed by atoms with Gasteiger partial charge in [0.15, 0.2) is 0 Å². The molecule has 0 spiro atoms. The van der Waals surface area contributed by atoms with Crippen LogP contribution in [0.1, 0.15) is 57.0 Å². The smallest absolute Gasteiger partial charge is 0.137 e. The van der Waals surface area contributed by atoms with Gasteiger partial charge in [0.1, 0.15) is 17.4 Å². The number of para-hydroxylation sites is 1. The Balaban J connectivity index is 2.29. The lowest BCUT2D eigenvalue weighted by atomic mass is 9.91. The Hall–Kier alpha value is -1.28. The summed E-state index contributed by atoms with van der Waals surface area (Å²) in [6.45, 7) is 6.37.